The molecule has 7 heteroatoms. The molecule has 2 aromatic carbocycles. The summed E-state index contributed by atoms with van der Waals surface area (Å²) >= 11 is 5.81. The summed E-state index contributed by atoms with van der Waals surface area (Å²) in [5, 5.41) is 17.0. The number of amides is 1. The van der Waals surface area contributed by atoms with E-state index in [1.165, 1.54) is 12.1 Å². The van der Waals surface area contributed by atoms with Gasteiger partial charge in [-0.2, -0.15) is 0 Å². The van der Waals surface area contributed by atoms with E-state index in [2.05, 4.69) is 10.6 Å². The first-order chi connectivity index (χ1) is 11.9. The topological polar surface area (TPSA) is 84.3 Å². The van der Waals surface area contributed by atoms with Crippen molar-refractivity contribution in [3.05, 3.63) is 69.2 Å². The van der Waals surface area contributed by atoms with Crippen LogP contribution < -0.4 is 10.6 Å². The number of hydrogen-bond acceptors (Lipinski definition) is 4. The normalized spacial score (nSPS) is 13.1. The average Bonchev–Trinajstić information content (AvgIpc) is 2.61. The van der Waals surface area contributed by atoms with Gasteiger partial charge >= 0.3 is 0 Å². The Balaban J connectivity index is 2.25. The lowest BCUT2D eigenvalue weighted by Gasteiger charge is -2.22. The minimum absolute atomic E-state index is 0.0281. The van der Waals surface area contributed by atoms with E-state index in [1.807, 2.05) is 44.2 Å². The van der Waals surface area contributed by atoms with Crippen molar-refractivity contribution in [2.75, 3.05) is 5.32 Å². The van der Waals surface area contributed by atoms with Crippen molar-refractivity contribution in [3.8, 4) is 0 Å². The Morgan fingerprint density at radius 1 is 1.24 bits per heavy atom. The van der Waals surface area contributed by atoms with Crippen LogP contribution >= 0.6 is 11.6 Å². The molecule has 0 fully saturated rings. The zero-order chi connectivity index (χ0) is 18.4. The smallest absolute Gasteiger partial charge is 0.289 e. The molecule has 0 aliphatic heterocycles. The van der Waals surface area contributed by atoms with Gasteiger partial charge < -0.3 is 5.32 Å². The summed E-state index contributed by atoms with van der Waals surface area (Å²) < 4.78 is 0. The summed E-state index contributed by atoms with van der Waals surface area (Å²) in [6.45, 7) is 4.02. The molecule has 2 atom stereocenters. The lowest BCUT2D eigenvalue weighted by molar-refractivity contribution is -0.384. The first-order valence-electron chi connectivity index (χ1n) is 7.98. The summed E-state index contributed by atoms with van der Waals surface area (Å²) in [5.41, 5.74) is 0.905. The molecule has 2 rings (SSSR count). The molecule has 2 N–H and O–H groups in total. The molecule has 0 aromatic heterocycles. The van der Waals surface area contributed by atoms with Crippen LogP contribution in [-0.2, 0) is 4.79 Å². The quantitative estimate of drug-likeness (QED) is 0.568. The fourth-order valence-corrected chi connectivity index (χ4v) is 2.50. The van der Waals surface area contributed by atoms with E-state index >= 15 is 0 Å². The maximum atomic E-state index is 12.8. The number of nitrogens with zero attached hydrogens (tertiary/aromatic N) is 1. The highest BCUT2D eigenvalue weighted by molar-refractivity contribution is 6.32. The number of hydrogen-bond donors (Lipinski definition) is 2. The molecular formula is C18H20ClN3O3. The van der Waals surface area contributed by atoms with Crippen molar-refractivity contribution < 1.29 is 9.72 Å². The second-order valence-electron chi connectivity index (χ2n) is 5.73. The Bertz CT molecular complexity index is 752. The van der Waals surface area contributed by atoms with Crippen molar-refractivity contribution in [1.82, 2.24) is 5.32 Å². The van der Waals surface area contributed by atoms with Crippen molar-refractivity contribution in [2.24, 2.45) is 0 Å². The molecule has 0 spiro atoms. The summed E-state index contributed by atoms with van der Waals surface area (Å²) in [7, 11) is 0. The maximum Gasteiger partial charge on any atom is 0.289 e. The van der Waals surface area contributed by atoms with Gasteiger partial charge in [-0.25, -0.2) is 0 Å². The highest BCUT2D eigenvalue weighted by atomic mass is 35.5. The monoisotopic (exact) mass is 361 g/mol. The summed E-state index contributed by atoms with van der Waals surface area (Å²) in [6.07, 6.45) is 0.864. The average molecular weight is 362 g/mol. The molecular weight excluding hydrogens is 342 g/mol. The van der Waals surface area contributed by atoms with E-state index in [0.29, 0.717) is 5.69 Å². The zero-order valence-electron chi connectivity index (χ0n) is 14.0. The lowest BCUT2D eigenvalue weighted by atomic mass is 10.0. The molecule has 0 saturated heterocycles. The number of rotatable bonds is 7. The molecule has 0 bridgehead atoms. The molecule has 0 aliphatic rings. The SMILES string of the molecule is CC[C@H](C)N[C@@H](C(=O)Nc1ccc(Cl)c([N+](=O)[O-])c1)c1ccccc1. The second-order valence-corrected chi connectivity index (χ2v) is 6.14. The Morgan fingerprint density at radius 3 is 2.52 bits per heavy atom. The molecule has 0 unspecified atom stereocenters. The van der Waals surface area contributed by atoms with Gasteiger partial charge in [0.25, 0.3) is 5.69 Å². The minimum Gasteiger partial charge on any atom is -0.324 e. The highest BCUT2D eigenvalue weighted by Crippen LogP contribution is 2.28. The van der Waals surface area contributed by atoms with Crippen LogP contribution in [0.4, 0.5) is 11.4 Å². The fraction of sp³-hybridized carbons (Fsp3) is 0.278. The van der Waals surface area contributed by atoms with E-state index < -0.39 is 11.0 Å². The Hall–Kier alpha value is -2.44. The number of anilines is 1. The van der Waals surface area contributed by atoms with Crippen molar-refractivity contribution in [3.63, 3.8) is 0 Å². The Kier molecular flexibility index (Phi) is 6.50. The summed E-state index contributed by atoms with van der Waals surface area (Å²) in [6, 6.07) is 13.1. The first kappa shape index (κ1) is 18.9. The Morgan fingerprint density at radius 2 is 1.92 bits per heavy atom. The van der Waals surface area contributed by atoms with E-state index in [0.717, 1.165) is 12.0 Å². The number of nitrogens with one attached hydrogen (secondary N) is 2. The van der Waals surface area contributed by atoms with Gasteiger partial charge in [-0.15, -0.1) is 0 Å². The number of halogens is 1. The van der Waals surface area contributed by atoms with Crippen LogP contribution in [0.1, 0.15) is 31.9 Å². The van der Waals surface area contributed by atoms with Gasteiger partial charge in [-0.1, -0.05) is 48.9 Å². The largest absolute Gasteiger partial charge is 0.324 e. The third kappa shape index (κ3) is 5.01. The summed E-state index contributed by atoms with van der Waals surface area (Å²) in [5.74, 6) is -0.289. The van der Waals surface area contributed by atoms with E-state index in [9.17, 15) is 14.9 Å². The number of nitro benzene ring substituents is 1. The zero-order valence-corrected chi connectivity index (χ0v) is 14.8. The molecule has 0 aliphatic carbocycles. The molecule has 0 radical (unpaired) electrons. The van der Waals surface area contributed by atoms with Crippen LogP contribution in [0.5, 0.6) is 0 Å². The Labute approximate surface area is 151 Å². The van der Waals surface area contributed by atoms with Gasteiger partial charge in [0.1, 0.15) is 11.1 Å². The van der Waals surface area contributed by atoms with Crippen molar-refractivity contribution in [2.45, 2.75) is 32.4 Å². The number of carbonyl (C=O) groups excluding carboxylic acids is 1. The van der Waals surface area contributed by atoms with Gasteiger partial charge in [0.15, 0.2) is 0 Å². The first-order valence-corrected chi connectivity index (χ1v) is 8.36. The highest BCUT2D eigenvalue weighted by Gasteiger charge is 2.23. The van der Waals surface area contributed by atoms with Gasteiger partial charge in [0, 0.05) is 17.8 Å². The van der Waals surface area contributed by atoms with Crippen LogP contribution in [0.3, 0.4) is 0 Å². The lowest BCUT2D eigenvalue weighted by Crippen LogP contribution is -2.38. The molecule has 6 nitrogen and oxygen atoms in total. The minimum atomic E-state index is -0.579. The predicted molar refractivity (Wildman–Crippen MR) is 98.8 cm³/mol. The van der Waals surface area contributed by atoms with E-state index in [-0.39, 0.29) is 22.7 Å². The second kappa shape index (κ2) is 8.60. The number of nitro groups is 1. The van der Waals surface area contributed by atoms with Gasteiger partial charge in [0.2, 0.25) is 5.91 Å². The van der Waals surface area contributed by atoms with Crippen LogP contribution in [0.25, 0.3) is 0 Å². The summed E-state index contributed by atoms with van der Waals surface area (Å²) in [4.78, 5) is 23.2. The maximum absolute atomic E-state index is 12.8. The molecule has 2 aromatic rings. The van der Waals surface area contributed by atoms with Crippen LogP contribution in [0.15, 0.2) is 48.5 Å². The molecule has 132 valence electrons. The predicted octanol–water partition coefficient (Wildman–Crippen LogP) is 4.32. The van der Waals surface area contributed by atoms with Crippen molar-refractivity contribution in [1.29, 1.82) is 0 Å². The van der Waals surface area contributed by atoms with Crippen LogP contribution in [0.2, 0.25) is 5.02 Å². The van der Waals surface area contributed by atoms with E-state index in [4.69, 9.17) is 11.6 Å². The third-order valence-electron chi connectivity index (χ3n) is 3.87. The number of carbonyl (C=O) groups is 1. The number of benzene rings is 2. The standard InChI is InChI=1S/C18H20ClN3O3/c1-3-12(2)20-17(13-7-5-4-6-8-13)18(23)21-14-9-10-15(19)16(11-14)22(24)25/h4-12,17,20H,3H2,1-2H3,(H,21,23)/t12-,17+/m0/s1. The van der Waals surface area contributed by atoms with Crippen LogP contribution in [-0.4, -0.2) is 16.9 Å². The van der Waals surface area contributed by atoms with Gasteiger partial charge in [-0.05, 0) is 31.0 Å². The van der Waals surface area contributed by atoms with Gasteiger partial charge in [-0.3, -0.25) is 20.2 Å². The molecule has 25 heavy (non-hydrogen) atoms. The van der Waals surface area contributed by atoms with Gasteiger partial charge in [0.05, 0.1) is 4.92 Å². The van der Waals surface area contributed by atoms with E-state index in [1.54, 1.807) is 6.07 Å². The van der Waals surface area contributed by atoms with Crippen LogP contribution in [0, 0.1) is 10.1 Å². The molecule has 1 amide bonds. The fourth-order valence-electron chi connectivity index (χ4n) is 2.32. The third-order valence-corrected chi connectivity index (χ3v) is 4.19. The molecule has 0 heterocycles. The molecule has 0 saturated carbocycles. The van der Waals surface area contributed by atoms with Crippen molar-refractivity contribution >= 4 is 28.9 Å².